The molecular weight excluding hydrogens is 312 g/mol. The first-order valence-electron chi connectivity index (χ1n) is 7.35. The molecule has 23 heavy (non-hydrogen) atoms. The summed E-state index contributed by atoms with van der Waals surface area (Å²) >= 11 is 0. The summed E-state index contributed by atoms with van der Waals surface area (Å²) in [5.74, 6) is -0.238. The number of hydrogen-bond acceptors (Lipinski definition) is 4. The summed E-state index contributed by atoms with van der Waals surface area (Å²) in [6, 6.07) is 5.58. The van der Waals surface area contributed by atoms with Gasteiger partial charge >= 0.3 is 0 Å². The van der Waals surface area contributed by atoms with E-state index in [9.17, 15) is 13.2 Å². The van der Waals surface area contributed by atoms with E-state index in [4.69, 9.17) is 0 Å². The minimum absolute atomic E-state index is 0.161. The number of rotatable bonds is 4. The van der Waals surface area contributed by atoms with E-state index >= 15 is 0 Å². The summed E-state index contributed by atoms with van der Waals surface area (Å²) in [7, 11) is -3.18. The molecule has 6 heteroatoms. The van der Waals surface area contributed by atoms with Crippen molar-refractivity contribution in [3.05, 3.63) is 46.9 Å². The van der Waals surface area contributed by atoms with Crippen LogP contribution in [-0.4, -0.2) is 32.7 Å². The average Bonchev–Trinajstić information content (AvgIpc) is 2.40. The number of allylic oxidation sites excluding steroid dienone is 1. The van der Waals surface area contributed by atoms with Gasteiger partial charge in [0.05, 0.1) is 16.8 Å². The molecule has 2 rings (SSSR count). The lowest BCUT2D eigenvalue weighted by Crippen LogP contribution is -2.34. The number of hydrogen-bond donors (Lipinski definition) is 2. The quantitative estimate of drug-likeness (QED) is 0.887. The molecule has 124 valence electrons. The van der Waals surface area contributed by atoms with Gasteiger partial charge in [0.2, 0.25) is 0 Å². The second-order valence-electron chi connectivity index (χ2n) is 6.31. The third kappa shape index (κ3) is 4.45. The molecule has 0 bridgehead atoms. The van der Waals surface area contributed by atoms with Crippen molar-refractivity contribution in [3.63, 3.8) is 0 Å². The van der Waals surface area contributed by atoms with Crippen molar-refractivity contribution < 1.29 is 13.2 Å². The van der Waals surface area contributed by atoms with Crippen LogP contribution >= 0.6 is 0 Å². The number of para-hydroxylation sites is 1. The third-order valence-corrected chi connectivity index (χ3v) is 4.17. The van der Waals surface area contributed by atoms with Crippen LogP contribution in [0.25, 0.3) is 5.57 Å². The summed E-state index contributed by atoms with van der Waals surface area (Å²) in [5.41, 5.74) is 3.25. The van der Waals surface area contributed by atoms with Crippen LogP contribution in [0.2, 0.25) is 0 Å². The first kappa shape index (κ1) is 17.3. The van der Waals surface area contributed by atoms with Crippen LogP contribution < -0.4 is 10.6 Å². The summed E-state index contributed by atoms with van der Waals surface area (Å²) in [6.45, 7) is 6.28. The van der Waals surface area contributed by atoms with Gasteiger partial charge in [-0.2, -0.15) is 0 Å². The molecule has 1 aliphatic heterocycles. The number of nitrogens with one attached hydrogen (secondary N) is 2. The molecule has 0 aliphatic carbocycles. The highest BCUT2D eigenvalue weighted by Gasteiger charge is 2.26. The zero-order chi connectivity index (χ0) is 17.3. The molecule has 1 aromatic carbocycles. The van der Waals surface area contributed by atoms with Crippen LogP contribution in [0.1, 0.15) is 36.7 Å². The number of anilines is 1. The van der Waals surface area contributed by atoms with E-state index in [0.29, 0.717) is 5.56 Å². The van der Waals surface area contributed by atoms with E-state index in [1.165, 1.54) is 6.08 Å². The van der Waals surface area contributed by atoms with E-state index in [0.717, 1.165) is 28.5 Å². The van der Waals surface area contributed by atoms with E-state index < -0.39 is 9.84 Å². The molecule has 1 amide bonds. The molecule has 2 N–H and O–H groups in total. The summed E-state index contributed by atoms with van der Waals surface area (Å²) in [6.07, 6.45) is 4.66. The standard InChI is InChI=1S/C17H22N2O3S/c1-12-11-17(2,3)19-15-13(12)7-5-8-14(15)16(20)18-9-6-10-23(4,21)22/h5-8,10-11,19H,9H2,1-4H3,(H,18,20)/b10-6+. The fourth-order valence-corrected chi connectivity index (χ4v) is 3.10. The minimum atomic E-state index is -3.18. The van der Waals surface area contributed by atoms with Crippen molar-refractivity contribution in [3.8, 4) is 0 Å². The Morgan fingerprint density at radius 2 is 2.04 bits per heavy atom. The second kappa shape index (κ2) is 6.20. The maximum atomic E-state index is 12.4. The number of carbonyl (C=O) groups is 1. The van der Waals surface area contributed by atoms with Crippen molar-refractivity contribution in [1.29, 1.82) is 0 Å². The monoisotopic (exact) mass is 334 g/mol. The molecular formula is C17H22N2O3S. The normalized spacial score (nSPS) is 16.4. The zero-order valence-corrected chi connectivity index (χ0v) is 14.6. The minimum Gasteiger partial charge on any atom is -0.376 e. The highest BCUT2D eigenvalue weighted by atomic mass is 32.2. The Labute approximate surface area is 137 Å². The number of fused-ring (bicyclic) bond motifs is 1. The summed E-state index contributed by atoms with van der Waals surface area (Å²) < 4.78 is 22.1. The Morgan fingerprint density at radius 3 is 2.70 bits per heavy atom. The smallest absolute Gasteiger partial charge is 0.253 e. The predicted octanol–water partition coefficient (Wildman–Crippen LogP) is 2.58. The van der Waals surface area contributed by atoms with Crippen LogP contribution in [0, 0.1) is 0 Å². The number of carbonyl (C=O) groups excluding carboxylic acids is 1. The van der Waals surface area contributed by atoms with Crippen molar-refractivity contribution in [2.45, 2.75) is 26.3 Å². The van der Waals surface area contributed by atoms with Gasteiger partial charge in [-0.3, -0.25) is 4.79 Å². The van der Waals surface area contributed by atoms with Crippen LogP contribution in [0.4, 0.5) is 5.69 Å². The van der Waals surface area contributed by atoms with Gasteiger partial charge in [-0.05, 0) is 32.4 Å². The lowest BCUT2D eigenvalue weighted by Gasteiger charge is -2.32. The molecule has 0 unspecified atom stereocenters. The largest absolute Gasteiger partial charge is 0.376 e. The van der Waals surface area contributed by atoms with Gasteiger partial charge in [0.15, 0.2) is 9.84 Å². The first-order valence-corrected chi connectivity index (χ1v) is 9.30. The molecule has 0 saturated carbocycles. The van der Waals surface area contributed by atoms with Crippen molar-refractivity contribution in [2.75, 3.05) is 18.1 Å². The van der Waals surface area contributed by atoms with Gasteiger partial charge < -0.3 is 10.6 Å². The Balaban J connectivity index is 2.22. The highest BCUT2D eigenvalue weighted by Crippen LogP contribution is 2.35. The van der Waals surface area contributed by atoms with Gasteiger partial charge in [-0.25, -0.2) is 8.42 Å². The van der Waals surface area contributed by atoms with Crippen LogP contribution in [0.3, 0.4) is 0 Å². The molecule has 0 aromatic heterocycles. The van der Waals surface area contributed by atoms with Gasteiger partial charge in [0.1, 0.15) is 0 Å². The fraction of sp³-hybridized carbons (Fsp3) is 0.353. The van der Waals surface area contributed by atoms with E-state index in [1.54, 1.807) is 6.07 Å². The number of benzene rings is 1. The van der Waals surface area contributed by atoms with Crippen LogP contribution in [0.5, 0.6) is 0 Å². The molecule has 1 heterocycles. The molecule has 0 saturated heterocycles. The van der Waals surface area contributed by atoms with Gasteiger partial charge in [0, 0.05) is 23.8 Å². The third-order valence-electron chi connectivity index (χ3n) is 3.48. The van der Waals surface area contributed by atoms with E-state index in [2.05, 4.69) is 16.7 Å². The van der Waals surface area contributed by atoms with Crippen molar-refractivity contribution in [2.24, 2.45) is 0 Å². The molecule has 0 spiro atoms. The Morgan fingerprint density at radius 1 is 1.35 bits per heavy atom. The van der Waals surface area contributed by atoms with Crippen LogP contribution in [0.15, 0.2) is 35.8 Å². The van der Waals surface area contributed by atoms with Crippen molar-refractivity contribution >= 4 is 27.0 Å². The number of sulfone groups is 1. The van der Waals surface area contributed by atoms with E-state index in [1.807, 2.05) is 32.9 Å². The summed E-state index contributed by atoms with van der Waals surface area (Å²) in [4.78, 5) is 12.4. The lowest BCUT2D eigenvalue weighted by atomic mass is 9.89. The van der Waals surface area contributed by atoms with Gasteiger partial charge in [0.25, 0.3) is 5.91 Å². The summed E-state index contributed by atoms with van der Waals surface area (Å²) in [5, 5.41) is 7.18. The maximum Gasteiger partial charge on any atom is 0.253 e. The Bertz CT molecular complexity index is 790. The van der Waals surface area contributed by atoms with E-state index in [-0.39, 0.29) is 18.0 Å². The molecule has 0 atom stereocenters. The molecule has 1 aliphatic rings. The van der Waals surface area contributed by atoms with Gasteiger partial charge in [-0.1, -0.05) is 24.3 Å². The van der Waals surface area contributed by atoms with Crippen LogP contribution in [-0.2, 0) is 9.84 Å². The number of amides is 1. The molecule has 0 fully saturated rings. The predicted molar refractivity (Wildman–Crippen MR) is 94.1 cm³/mol. The highest BCUT2D eigenvalue weighted by molar-refractivity contribution is 7.93. The SMILES string of the molecule is CC1=CC(C)(C)Nc2c(C(=O)NC/C=C/S(C)(=O)=O)cccc21. The fourth-order valence-electron chi connectivity index (χ4n) is 2.65. The molecule has 5 nitrogen and oxygen atoms in total. The lowest BCUT2D eigenvalue weighted by molar-refractivity contribution is 0.0958. The Kier molecular flexibility index (Phi) is 4.66. The zero-order valence-electron chi connectivity index (χ0n) is 13.8. The molecule has 1 aromatic rings. The average molecular weight is 334 g/mol. The Hall–Kier alpha value is -2.08. The molecule has 0 radical (unpaired) electrons. The van der Waals surface area contributed by atoms with Crippen molar-refractivity contribution in [1.82, 2.24) is 5.32 Å². The topological polar surface area (TPSA) is 75.3 Å². The maximum absolute atomic E-state index is 12.4. The first-order chi connectivity index (χ1) is 10.6. The van der Waals surface area contributed by atoms with Gasteiger partial charge in [-0.15, -0.1) is 0 Å². The second-order valence-corrected chi connectivity index (χ2v) is 8.24.